The smallest absolute Gasteiger partial charge is 0.342 e. The zero-order valence-electron chi connectivity index (χ0n) is 22.3. The quantitative estimate of drug-likeness (QED) is 0.460. The van der Waals surface area contributed by atoms with E-state index >= 15 is 0 Å². The van der Waals surface area contributed by atoms with Crippen LogP contribution in [-0.2, 0) is 22.3 Å². The van der Waals surface area contributed by atoms with Gasteiger partial charge in [0.15, 0.2) is 0 Å². The molecule has 3 saturated heterocycles. The number of hydrogen-bond donors (Lipinski definition) is 0. The molecule has 2 atom stereocenters. The molecule has 39 heavy (non-hydrogen) atoms. The summed E-state index contributed by atoms with van der Waals surface area (Å²) in [6.07, 6.45) is -1.44. The van der Waals surface area contributed by atoms with Gasteiger partial charge in [0.2, 0.25) is 11.8 Å². The number of rotatable bonds is 6. The van der Waals surface area contributed by atoms with Crippen molar-refractivity contribution in [3.8, 4) is 0 Å². The number of carbonyl (C=O) groups is 2. The van der Waals surface area contributed by atoms with E-state index in [1.54, 1.807) is 0 Å². The Morgan fingerprint density at radius 2 is 1.59 bits per heavy atom. The molecule has 3 aliphatic heterocycles. The van der Waals surface area contributed by atoms with E-state index in [9.17, 15) is 22.8 Å². The van der Waals surface area contributed by atoms with Gasteiger partial charge in [0, 0.05) is 45.1 Å². The molecule has 212 valence electrons. The molecule has 3 aliphatic rings. The van der Waals surface area contributed by atoms with Crippen molar-refractivity contribution in [3.63, 3.8) is 0 Å². The van der Waals surface area contributed by atoms with Crippen molar-refractivity contribution in [1.29, 1.82) is 0 Å². The summed E-state index contributed by atoms with van der Waals surface area (Å²) in [5.41, 5.74) is 0.973. The first-order chi connectivity index (χ1) is 18.2. The van der Waals surface area contributed by atoms with Crippen LogP contribution in [0.5, 0.6) is 0 Å². The fourth-order valence-electron chi connectivity index (χ4n) is 6.58. The lowest BCUT2D eigenvalue weighted by molar-refractivity contribution is -0.139. The first kappa shape index (κ1) is 29.4. The summed E-state index contributed by atoms with van der Waals surface area (Å²) in [5, 5.41) is 0. The predicted molar refractivity (Wildman–Crippen MR) is 146 cm³/mol. The van der Waals surface area contributed by atoms with E-state index in [0.717, 1.165) is 69.7 Å². The topological polar surface area (TPSA) is 43.9 Å². The Bertz CT molecular complexity index is 1130. The lowest BCUT2D eigenvalue weighted by atomic mass is 9.76. The fraction of sp³-hybridized carbons (Fsp3) is 0.533. The van der Waals surface area contributed by atoms with E-state index in [1.807, 2.05) is 22.8 Å². The summed E-state index contributed by atoms with van der Waals surface area (Å²) >= 11 is 0. The number of likely N-dealkylation sites (tertiary alicyclic amines) is 3. The Balaban J connectivity index is 0.00000353. The van der Waals surface area contributed by atoms with Crippen molar-refractivity contribution in [2.75, 3.05) is 39.3 Å². The summed E-state index contributed by atoms with van der Waals surface area (Å²) in [6.45, 7) is 7.05. The first-order valence-electron chi connectivity index (χ1n) is 13.7. The maximum Gasteiger partial charge on any atom is 0.416 e. The highest BCUT2D eigenvalue weighted by atomic mass is 35.5. The zero-order chi connectivity index (χ0) is 26.9. The summed E-state index contributed by atoms with van der Waals surface area (Å²) in [4.78, 5) is 32.2. The van der Waals surface area contributed by atoms with Crippen LogP contribution in [0.25, 0.3) is 0 Å². The third-order valence-electron chi connectivity index (χ3n) is 8.89. The van der Waals surface area contributed by atoms with Gasteiger partial charge in [-0.15, -0.1) is 12.4 Å². The van der Waals surface area contributed by atoms with E-state index < -0.39 is 11.7 Å². The van der Waals surface area contributed by atoms with Gasteiger partial charge in [-0.2, -0.15) is 13.2 Å². The SMILES string of the molecule is CCC(=O)N1C[C@H](CN2CCC3(CC2)CCN(Cc2ccc(C(F)(F)F)cc2)C3=O)[C@@H](c2ccccc2)C1.Cl. The Labute approximate surface area is 234 Å². The third-order valence-corrected chi connectivity index (χ3v) is 8.89. The number of alkyl halides is 3. The van der Waals surface area contributed by atoms with Gasteiger partial charge < -0.3 is 14.7 Å². The molecule has 0 bridgehead atoms. The molecule has 2 aromatic rings. The monoisotopic (exact) mass is 563 g/mol. The van der Waals surface area contributed by atoms with E-state index in [1.165, 1.54) is 17.7 Å². The zero-order valence-corrected chi connectivity index (χ0v) is 23.1. The fourth-order valence-corrected chi connectivity index (χ4v) is 6.58. The third kappa shape index (κ3) is 6.27. The van der Waals surface area contributed by atoms with Crippen LogP contribution in [0.1, 0.15) is 55.2 Å². The first-order valence-corrected chi connectivity index (χ1v) is 13.7. The largest absolute Gasteiger partial charge is 0.416 e. The van der Waals surface area contributed by atoms with Gasteiger partial charge in [0.1, 0.15) is 0 Å². The van der Waals surface area contributed by atoms with Gasteiger partial charge in [0.05, 0.1) is 11.0 Å². The highest BCUT2D eigenvalue weighted by Crippen LogP contribution is 2.43. The van der Waals surface area contributed by atoms with Gasteiger partial charge in [0.25, 0.3) is 0 Å². The molecule has 0 unspecified atom stereocenters. The van der Waals surface area contributed by atoms with E-state index in [-0.39, 0.29) is 29.6 Å². The van der Waals surface area contributed by atoms with E-state index in [0.29, 0.717) is 31.3 Å². The van der Waals surface area contributed by atoms with Crippen molar-refractivity contribution >= 4 is 24.2 Å². The molecule has 1 spiro atoms. The normalized spacial score (nSPS) is 23.3. The Morgan fingerprint density at radius 3 is 2.21 bits per heavy atom. The van der Waals surface area contributed by atoms with Gasteiger partial charge >= 0.3 is 6.18 Å². The maximum absolute atomic E-state index is 13.4. The second kappa shape index (κ2) is 11.9. The average Bonchev–Trinajstić information content (AvgIpc) is 3.47. The molecule has 5 rings (SSSR count). The molecule has 3 heterocycles. The highest BCUT2D eigenvalue weighted by molar-refractivity contribution is 5.85. The number of benzene rings is 2. The second-order valence-electron chi connectivity index (χ2n) is 11.2. The minimum atomic E-state index is -4.36. The summed E-state index contributed by atoms with van der Waals surface area (Å²) < 4.78 is 38.6. The number of amides is 2. The predicted octanol–water partition coefficient (Wildman–Crippen LogP) is 5.59. The molecule has 0 aromatic heterocycles. The molecule has 2 amide bonds. The molecule has 0 N–H and O–H groups in total. The van der Waals surface area contributed by atoms with Crippen LogP contribution < -0.4 is 0 Å². The lowest BCUT2D eigenvalue weighted by Gasteiger charge is -2.39. The van der Waals surface area contributed by atoms with Crippen molar-refractivity contribution in [3.05, 3.63) is 71.3 Å². The minimum absolute atomic E-state index is 0. The Hall–Kier alpha value is -2.58. The van der Waals surface area contributed by atoms with Crippen molar-refractivity contribution < 1.29 is 22.8 Å². The van der Waals surface area contributed by atoms with E-state index in [4.69, 9.17) is 0 Å². The highest BCUT2D eigenvalue weighted by Gasteiger charge is 2.48. The number of halogens is 4. The molecule has 9 heteroatoms. The van der Waals surface area contributed by atoms with Crippen LogP contribution in [0.15, 0.2) is 54.6 Å². The number of piperidine rings is 1. The standard InChI is InChI=1S/C30H36F3N3O2.ClH/c1-2-27(37)36-20-24(26(21-36)23-6-4-3-5-7-23)19-34-15-12-29(13-16-34)14-17-35(28(29)38)18-22-8-10-25(11-9-22)30(31,32)33;/h3-11,24,26H,2,12-21H2,1H3;1H/t24-,26+;/m0./s1. The maximum atomic E-state index is 13.4. The van der Waals surface area contributed by atoms with Crippen molar-refractivity contribution in [2.24, 2.45) is 11.3 Å². The van der Waals surface area contributed by atoms with Crippen LogP contribution in [-0.4, -0.2) is 65.8 Å². The Morgan fingerprint density at radius 1 is 0.949 bits per heavy atom. The van der Waals surface area contributed by atoms with Crippen molar-refractivity contribution in [1.82, 2.24) is 14.7 Å². The summed E-state index contributed by atoms with van der Waals surface area (Å²) in [5.74, 6) is 1.02. The molecule has 2 aromatic carbocycles. The van der Waals surface area contributed by atoms with Crippen LogP contribution in [0.3, 0.4) is 0 Å². The summed E-state index contributed by atoms with van der Waals surface area (Å²) in [7, 11) is 0. The van der Waals surface area contributed by atoms with Crippen LogP contribution in [0, 0.1) is 11.3 Å². The number of hydrogen-bond acceptors (Lipinski definition) is 3. The lowest BCUT2D eigenvalue weighted by Crippen LogP contribution is -2.46. The Kier molecular flexibility index (Phi) is 8.96. The van der Waals surface area contributed by atoms with Gasteiger partial charge in [-0.25, -0.2) is 0 Å². The average molecular weight is 564 g/mol. The molecule has 3 fully saturated rings. The van der Waals surface area contributed by atoms with Crippen LogP contribution in [0.4, 0.5) is 13.2 Å². The van der Waals surface area contributed by atoms with Gasteiger partial charge in [-0.3, -0.25) is 9.59 Å². The molecule has 0 radical (unpaired) electrons. The molecule has 0 saturated carbocycles. The van der Waals surface area contributed by atoms with Crippen LogP contribution in [0.2, 0.25) is 0 Å². The molecule has 0 aliphatic carbocycles. The number of nitrogens with zero attached hydrogens (tertiary/aromatic N) is 3. The molecular formula is C30H37ClF3N3O2. The van der Waals surface area contributed by atoms with Crippen LogP contribution >= 0.6 is 12.4 Å². The van der Waals surface area contributed by atoms with Gasteiger partial charge in [-0.1, -0.05) is 49.4 Å². The molecular weight excluding hydrogens is 527 g/mol. The number of carbonyl (C=O) groups excluding carboxylic acids is 2. The minimum Gasteiger partial charge on any atom is -0.342 e. The second-order valence-corrected chi connectivity index (χ2v) is 11.2. The molecule has 5 nitrogen and oxygen atoms in total. The van der Waals surface area contributed by atoms with E-state index in [2.05, 4.69) is 29.2 Å². The van der Waals surface area contributed by atoms with Gasteiger partial charge in [-0.05, 0) is 61.5 Å². The van der Waals surface area contributed by atoms with Crippen molar-refractivity contribution in [2.45, 2.75) is 51.2 Å². The summed E-state index contributed by atoms with van der Waals surface area (Å²) in [6, 6.07) is 15.6.